The van der Waals surface area contributed by atoms with Gasteiger partial charge in [0.25, 0.3) is 0 Å². The lowest BCUT2D eigenvalue weighted by molar-refractivity contribution is -0.137. The zero-order valence-corrected chi connectivity index (χ0v) is 16.7. The minimum Gasteiger partial charge on any atom is -0.399 e. The van der Waals surface area contributed by atoms with Gasteiger partial charge in [0.1, 0.15) is 0 Å². The molecule has 2 heterocycles. The molecule has 1 fully saturated rings. The summed E-state index contributed by atoms with van der Waals surface area (Å²) in [5, 5.41) is 5.39. The Kier molecular flexibility index (Phi) is 4.55. The van der Waals surface area contributed by atoms with Gasteiger partial charge < -0.3 is 9.31 Å². The first-order chi connectivity index (χ1) is 13.5. The van der Waals surface area contributed by atoms with Crippen molar-refractivity contribution in [1.29, 1.82) is 0 Å². The number of halogens is 3. The zero-order chi connectivity index (χ0) is 21.0. The van der Waals surface area contributed by atoms with Gasteiger partial charge in [-0.15, -0.1) is 0 Å². The van der Waals surface area contributed by atoms with Crippen LogP contribution in [0.3, 0.4) is 0 Å². The summed E-state index contributed by atoms with van der Waals surface area (Å²) < 4.78 is 52.9. The monoisotopic (exact) mass is 402 g/mol. The molecule has 1 aromatic heterocycles. The summed E-state index contributed by atoms with van der Waals surface area (Å²) in [5.41, 5.74) is 0.539. The molecule has 0 aliphatic carbocycles. The fraction of sp³-hybridized carbons (Fsp3) is 0.381. The van der Waals surface area contributed by atoms with Gasteiger partial charge in [-0.05, 0) is 56.9 Å². The van der Waals surface area contributed by atoms with Crippen LogP contribution in [0.5, 0.6) is 0 Å². The third-order valence-electron chi connectivity index (χ3n) is 5.74. The van der Waals surface area contributed by atoms with Gasteiger partial charge >= 0.3 is 13.3 Å². The van der Waals surface area contributed by atoms with Crippen LogP contribution in [0.25, 0.3) is 10.9 Å². The molecule has 0 unspecified atom stereocenters. The molecule has 1 saturated heterocycles. The number of nitrogens with zero attached hydrogens (tertiary/aromatic N) is 2. The molecule has 0 saturated carbocycles. The third kappa shape index (κ3) is 3.67. The molecular weight excluding hydrogens is 380 g/mol. The maximum absolute atomic E-state index is 13.0. The van der Waals surface area contributed by atoms with E-state index in [0.717, 1.165) is 28.5 Å². The highest BCUT2D eigenvalue weighted by molar-refractivity contribution is 6.65. The largest absolute Gasteiger partial charge is 0.495 e. The van der Waals surface area contributed by atoms with Crippen molar-refractivity contribution in [1.82, 2.24) is 9.78 Å². The molecule has 29 heavy (non-hydrogen) atoms. The number of rotatable bonds is 3. The maximum Gasteiger partial charge on any atom is 0.495 e. The molecule has 152 valence electrons. The minimum absolute atomic E-state index is 0.238. The molecule has 3 aromatic rings. The first-order valence-electron chi connectivity index (χ1n) is 9.44. The van der Waals surface area contributed by atoms with Crippen LogP contribution >= 0.6 is 0 Å². The highest BCUT2D eigenvalue weighted by Gasteiger charge is 2.52. The molecule has 8 heteroatoms. The van der Waals surface area contributed by atoms with Gasteiger partial charge in [-0.2, -0.15) is 18.3 Å². The Balaban J connectivity index is 1.66. The molecule has 4 rings (SSSR count). The summed E-state index contributed by atoms with van der Waals surface area (Å²) >= 11 is 0. The molecule has 2 aromatic carbocycles. The van der Waals surface area contributed by atoms with Crippen LogP contribution in [0.4, 0.5) is 13.2 Å². The lowest BCUT2D eigenvalue weighted by atomic mass is 9.77. The zero-order valence-electron chi connectivity index (χ0n) is 16.7. The Morgan fingerprint density at radius 2 is 1.66 bits per heavy atom. The van der Waals surface area contributed by atoms with Crippen LogP contribution in [0, 0.1) is 0 Å². The van der Waals surface area contributed by atoms with E-state index in [2.05, 4.69) is 5.10 Å². The summed E-state index contributed by atoms with van der Waals surface area (Å²) in [7, 11) is -0.532. The molecule has 0 atom stereocenters. The molecule has 4 nitrogen and oxygen atoms in total. The summed E-state index contributed by atoms with van der Waals surface area (Å²) in [4.78, 5) is 0. The van der Waals surface area contributed by atoms with Gasteiger partial charge in [0.2, 0.25) is 0 Å². The van der Waals surface area contributed by atoms with Crippen LogP contribution < -0.4 is 5.46 Å². The molecule has 0 amide bonds. The number of benzene rings is 2. The first-order valence-corrected chi connectivity index (χ1v) is 9.44. The van der Waals surface area contributed by atoms with Gasteiger partial charge in [0.05, 0.1) is 28.8 Å². The number of fused-ring (bicyclic) bond motifs is 1. The molecule has 1 aliphatic heterocycles. The Labute approximate surface area is 167 Å². The van der Waals surface area contributed by atoms with Crippen LogP contribution in [0.15, 0.2) is 48.7 Å². The van der Waals surface area contributed by atoms with E-state index < -0.39 is 30.1 Å². The highest BCUT2D eigenvalue weighted by atomic mass is 19.4. The lowest BCUT2D eigenvalue weighted by Gasteiger charge is -2.32. The first kappa shape index (κ1) is 20.0. The average molecular weight is 402 g/mol. The quantitative estimate of drug-likeness (QED) is 0.610. The molecule has 1 aliphatic rings. The van der Waals surface area contributed by atoms with E-state index in [1.54, 1.807) is 10.7 Å². The smallest absolute Gasteiger partial charge is 0.399 e. The second-order valence-electron chi connectivity index (χ2n) is 8.39. The van der Waals surface area contributed by atoms with E-state index in [1.807, 2.05) is 52.1 Å². The van der Waals surface area contributed by atoms with Gasteiger partial charge in [-0.25, -0.2) is 0 Å². The van der Waals surface area contributed by atoms with E-state index in [-0.39, 0.29) is 6.54 Å². The van der Waals surface area contributed by atoms with Gasteiger partial charge in [0.15, 0.2) is 0 Å². The lowest BCUT2D eigenvalue weighted by Crippen LogP contribution is -2.41. The summed E-state index contributed by atoms with van der Waals surface area (Å²) in [6, 6.07) is 11.0. The predicted molar refractivity (Wildman–Crippen MR) is 106 cm³/mol. The van der Waals surface area contributed by atoms with Crippen LogP contribution in [0.1, 0.15) is 38.8 Å². The molecule has 0 spiro atoms. The van der Waals surface area contributed by atoms with Crippen molar-refractivity contribution in [2.45, 2.75) is 51.6 Å². The van der Waals surface area contributed by atoms with Crippen molar-refractivity contribution in [3.63, 3.8) is 0 Å². The van der Waals surface area contributed by atoms with E-state index in [0.29, 0.717) is 5.56 Å². The van der Waals surface area contributed by atoms with Crippen LogP contribution in [-0.2, 0) is 22.0 Å². The number of hydrogen-bond acceptors (Lipinski definition) is 3. The standard InChI is InChI=1S/C21H22BF3N2O2/c1-19(2)20(3,4)29-22(28-19)17-9-6-10-18-16(17)13-27(26-18)12-14-7-5-8-15(11-14)21(23,24)25/h5-11,13H,12H2,1-4H3. The number of aromatic nitrogens is 2. The van der Waals surface area contributed by atoms with E-state index in [4.69, 9.17) is 9.31 Å². The van der Waals surface area contributed by atoms with Gasteiger partial charge in [0, 0.05) is 11.6 Å². The third-order valence-corrected chi connectivity index (χ3v) is 5.74. The SMILES string of the molecule is CC1(C)OB(c2cccc3nn(Cc4cccc(C(F)(F)F)c4)cc23)OC1(C)C. The highest BCUT2D eigenvalue weighted by Crippen LogP contribution is 2.37. The molecule has 0 N–H and O–H groups in total. The Hall–Kier alpha value is -2.32. The fourth-order valence-electron chi connectivity index (χ4n) is 3.40. The van der Waals surface area contributed by atoms with E-state index in [9.17, 15) is 13.2 Å². The van der Waals surface area contributed by atoms with Gasteiger partial charge in [-0.1, -0.05) is 24.3 Å². The van der Waals surface area contributed by atoms with Crippen LogP contribution in [0.2, 0.25) is 0 Å². The number of hydrogen-bond donors (Lipinski definition) is 0. The minimum atomic E-state index is -4.37. The van der Waals surface area contributed by atoms with E-state index in [1.165, 1.54) is 6.07 Å². The number of alkyl halides is 3. The molecule has 0 bridgehead atoms. The Bertz CT molecular complexity index is 1040. The van der Waals surface area contributed by atoms with E-state index >= 15 is 0 Å². The normalized spacial score (nSPS) is 18.5. The van der Waals surface area contributed by atoms with Crippen molar-refractivity contribution in [3.05, 3.63) is 59.8 Å². The fourth-order valence-corrected chi connectivity index (χ4v) is 3.40. The van der Waals surface area contributed by atoms with Crippen molar-refractivity contribution in [2.75, 3.05) is 0 Å². The topological polar surface area (TPSA) is 36.3 Å². The Morgan fingerprint density at radius 1 is 1.00 bits per heavy atom. The second-order valence-corrected chi connectivity index (χ2v) is 8.39. The Morgan fingerprint density at radius 3 is 2.31 bits per heavy atom. The van der Waals surface area contributed by atoms with Gasteiger partial charge in [-0.3, -0.25) is 4.68 Å². The predicted octanol–water partition coefficient (Wildman–Crippen LogP) is 4.40. The van der Waals surface area contributed by atoms with Crippen molar-refractivity contribution < 1.29 is 22.5 Å². The van der Waals surface area contributed by atoms with Crippen molar-refractivity contribution in [3.8, 4) is 0 Å². The molecular formula is C21H22BF3N2O2. The van der Waals surface area contributed by atoms with Crippen molar-refractivity contribution >= 4 is 23.5 Å². The maximum atomic E-state index is 13.0. The second kappa shape index (κ2) is 6.60. The summed E-state index contributed by atoms with van der Waals surface area (Å²) in [5.74, 6) is 0. The average Bonchev–Trinajstić information content (AvgIpc) is 3.11. The summed E-state index contributed by atoms with van der Waals surface area (Å²) in [6.45, 7) is 8.20. The van der Waals surface area contributed by atoms with Crippen LogP contribution in [-0.4, -0.2) is 28.1 Å². The molecule has 0 radical (unpaired) electrons. The van der Waals surface area contributed by atoms with Crippen molar-refractivity contribution in [2.24, 2.45) is 0 Å². The summed E-state index contributed by atoms with van der Waals surface area (Å²) in [6.07, 6.45) is -2.54.